The molecule has 0 heterocycles. The van der Waals surface area contributed by atoms with Crippen LogP contribution in [0.1, 0.15) is 22.3 Å². The van der Waals surface area contributed by atoms with E-state index in [1.807, 2.05) is 0 Å². The first-order valence-electron chi connectivity index (χ1n) is 19.3. The molecule has 1 heteroatoms. The third-order valence-corrected chi connectivity index (χ3v) is 11.4. The fourth-order valence-corrected chi connectivity index (χ4v) is 8.74. The van der Waals surface area contributed by atoms with Crippen molar-refractivity contribution in [3.05, 3.63) is 259 Å². The summed E-state index contributed by atoms with van der Waals surface area (Å²) < 4.78 is 0. The monoisotopic (exact) mass is 713 g/mol. The summed E-state index contributed by atoms with van der Waals surface area (Å²) in [6.07, 6.45) is 0. The maximum absolute atomic E-state index is 2.34. The molecule has 0 saturated heterocycles. The molecular weight excluding hydrogens is 675 g/mol. The topological polar surface area (TPSA) is 3.24 Å². The summed E-state index contributed by atoms with van der Waals surface area (Å²) in [6.45, 7) is 0. The second-order valence-electron chi connectivity index (χ2n) is 14.5. The highest BCUT2D eigenvalue weighted by atomic mass is 15.1. The molecule has 264 valence electrons. The van der Waals surface area contributed by atoms with Gasteiger partial charge in [0.1, 0.15) is 0 Å². The molecule has 0 fully saturated rings. The molecule has 0 aliphatic heterocycles. The number of nitrogens with zero attached hydrogens (tertiary/aromatic N) is 1. The molecule has 56 heavy (non-hydrogen) atoms. The molecule has 0 N–H and O–H groups in total. The molecule has 0 bridgehead atoms. The Kier molecular flexibility index (Phi) is 8.46. The van der Waals surface area contributed by atoms with Crippen molar-refractivity contribution in [3.8, 4) is 44.5 Å². The Morgan fingerprint density at radius 3 is 0.911 bits per heavy atom. The summed E-state index contributed by atoms with van der Waals surface area (Å²) >= 11 is 0. The smallest absolute Gasteiger partial charge is 0.0713 e. The summed E-state index contributed by atoms with van der Waals surface area (Å²) in [5, 5.41) is 0. The van der Waals surface area contributed by atoms with E-state index in [0.29, 0.717) is 0 Å². The molecule has 1 nitrogen and oxygen atoms in total. The van der Waals surface area contributed by atoms with E-state index < -0.39 is 5.41 Å². The Balaban J connectivity index is 1.02. The summed E-state index contributed by atoms with van der Waals surface area (Å²) in [5.41, 5.74) is 17.9. The lowest BCUT2D eigenvalue weighted by molar-refractivity contribution is 0.768. The predicted molar refractivity (Wildman–Crippen MR) is 235 cm³/mol. The second-order valence-corrected chi connectivity index (χ2v) is 14.5. The quantitative estimate of drug-likeness (QED) is 0.152. The highest BCUT2D eigenvalue weighted by molar-refractivity contribution is 5.87. The standard InChI is InChI=1S/C55H39N/c1-4-14-40(15-5-1)43-26-34-48(35-27-43)56(49-36-28-44(29-37-49)41-16-6-2-7-17-41)50-38-30-45(31-39-50)42-24-32-47(33-25-42)55(46-18-8-3-9-19-46)53-22-12-10-20-51(53)52-21-11-13-23-54(52)55/h1-39H. The molecule has 10 rings (SSSR count). The van der Waals surface area contributed by atoms with Gasteiger partial charge in [0.2, 0.25) is 0 Å². The summed E-state index contributed by atoms with van der Waals surface area (Å²) in [4.78, 5) is 2.34. The molecule has 0 aromatic heterocycles. The lowest BCUT2D eigenvalue weighted by Gasteiger charge is -2.34. The van der Waals surface area contributed by atoms with Gasteiger partial charge in [-0.1, -0.05) is 200 Å². The van der Waals surface area contributed by atoms with Crippen molar-refractivity contribution < 1.29 is 0 Å². The summed E-state index contributed by atoms with van der Waals surface area (Å²) in [7, 11) is 0. The molecule has 0 atom stereocenters. The second kappa shape index (κ2) is 14.2. The van der Waals surface area contributed by atoms with Crippen molar-refractivity contribution in [2.24, 2.45) is 0 Å². The van der Waals surface area contributed by atoms with Crippen LogP contribution in [0.2, 0.25) is 0 Å². The van der Waals surface area contributed by atoms with Crippen LogP contribution in [0, 0.1) is 0 Å². The van der Waals surface area contributed by atoms with Crippen LogP contribution in [-0.4, -0.2) is 0 Å². The van der Waals surface area contributed by atoms with Gasteiger partial charge in [-0.25, -0.2) is 0 Å². The molecule has 1 aliphatic carbocycles. The molecule has 0 spiro atoms. The average molecular weight is 714 g/mol. The van der Waals surface area contributed by atoms with E-state index in [4.69, 9.17) is 0 Å². The van der Waals surface area contributed by atoms with Gasteiger partial charge in [0, 0.05) is 17.1 Å². The van der Waals surface area contributed by atoms with Crippen LogP contribution in [-0.2, 0) is 5.41 Å². The van der Waals surface area contributed by atoms with Crippen LogP contribution >= 0.6 is 0 Å². The first-order valence-corrected chi connectivity index (χ1v) is 19.3. The van der Waals surface area contributed by atoms with Gasteiger partial charge in [-0.05, 0) is 103 Å². The molecule has 9 aromatic rings. The number of fused-ring (bicyclic) bond motifs is 3. The van der Waals surface area contributed by atoms with E-state index in [0.717, 1.165) is 17.1 Å². The SMILES string of the molecule is c1ccc(-c2ccc(N(c3ccc(-c4ccccc4)cc3)c3ccc(-c4ccc(C5(c6ccccc6)c6ccccc6-c6ccccc65)cc4)cc3)cc2)cc1. The lowest BCUT2D eigenvalue weighted by Crippen LogP contribution is -2.28. The molecule has 0 radical (unpaired) electrons. The van der Waals surface area contributed by atoms with E-state index in [1.54, 1.807) is 0 Å². The Morgan fingerprint density at radius 1 is 0.232 bits per heavy atom. The molecule has 1 aliphatic rings. The summed E-state index contributed by atoms with van der Waals surface area (Å²) in [6, 6.07) is 86.0. The first kappa shape index (κ1) is 33.4. The van der Waals surface area contributed by atoms with Gasteiger partial charge in [-0.15, -0.1) is 0 Å². The zero-order chi connectivity index (χ0) is 37.3. The van der Waals surface area contributed by atoms with Crippen LogP contribution < -0.4 is 4.90 Å². The van der Waals surface area contributed by atoms with Gasteiger partial charge in [0.05, 0.1) is 5.41 Å². The lowest BCUT2D eigenvalue weighted by atomic mass is 9.67. The van der Waals surface area contributed by atoms with E-state index in [2.05, 4.69) is 241 Å². The van der Waals surface area contributed by atoms with Gasteiger partial charge in [0.15, 0.2) is 0 Å². The minimum Gasteiger partial charge on any atom is -0.311 e. The van der Waals surface area contributed by atoms with E-state index in [1.165, 1.54) is 66.8 Å². The molecule has 0 unspecified atom stereocenters. The van der Waals surface area contributed by atoms with Crippen LogP contribution in [0.3, 0.4) is 0 Å². The first-order chi connectivity index (χ1) is 27.8. The predicted octanol–water partition coefficient (Wildman–Crippen LogP) is 14.5. The van der Waals surface area contributed by atoms with Crippen molar-refractivity contribution in [2.75, 3.05) is 4.90 Å². The van der Waals surface area contributed by atoms with Crippen molar-refractivity contribution in [1.82, 2.24) is 0 Å². The number of hydrogen-bond acceptors (Lipinski definition) is 1. The number of anilines is 3. The Hall–Kier alpha value is -7.22. The van der Waals surface area contributed by atoms with Crippen molar-refractivity contribution in [1.29, 1.82) is 0 Å². The molecular formula is C55H39N. The van der Waals surface area contributed by atoms with Crippen LogP contribution in [0.25, 0.3) is 44.5 Å². The number of rotatable bonds is 8. The van der Waals surface area contributed by atoms with Gasteiger partial charge in [0.25, 0.3) is 0 Å². The van der Waals surface area contributed by atoms with Crippen molar-refractivity contribution >= 4 is 17.1 Å². The van der Waals surface area contributed by atoms with Crippen molar-refractivity contribution in [3.63, 3.8) is 0 Å². The van der Waals surface area contributed by atoms with E-state index >= 15 is 0 Å². The van der Waals surface area contributed by atoms with Gasteiger partial charge in [-0.2, -0.15) is 0 Å². The van der Waals surface area contributed by atoms with Gasteiger partial charge in [-0.3, -0.25) is 0 Å². The highest BCUT2D eigenvalue weighted by Gasteiger charge is 2.45. The van der Waals surface area contributed by atoms with Gasteiger partial charge >= 0.3 is 0 Å². The fourth-order valence-electron chi connectivity index (χ4n) is 8.74. The molecule has 9 aromatic carbocycles. The van der Waals surface area contributed by atoms with Crippen molar-refractivity contribution in [2.45, 2.75) is 5.41 Å². The average Bonchev–Trinajstić information content (AvgIpc) is 3.59. The zero-order valence-corrected chi connectivity index (χ0v) is 31.0. The van der Waals surface area contributed by atoms with Crippen LogP contribution in [0.4, 0.5) is 17.1 Å². The van der Waals surface area contributed by atoms with Gasteiger partial charge < -0.3 is 4.90 Å². The Bertz CT molecular complexity index is 2610. The fraction of sp³-hybridized carbons (Fsp3) is 0.0182. The maximum Gasteiger partial charge on any atom is 0.0713 e. The number of hydrogen-bond donors (Lipinski definition) is 0. The van der Waals surface area contributed by atoms with E-state index in [9.17, 15) is 0 Å². The minimum atomic E-state index is -0.399. The number of benzene rings is 9. The maximum atomic E-state index is 2.34. The Morgan fingerprint density at radius 2 is 0.518 bits per heavy atom. The molecule has 0 amide bonds. The molecule has 0 saturated carbocycles. The van der Waals surface area contributed by atoms with Crippen LogP contribution in [0.5, 0.6) is 0 Å². The largest absolute Gasteiger partial charge is 0.311 e. The zero-order valence-electron chi connectivity index (χ0n) is 31.0. The third-order valence-electron chi connectivity index (χ3n) is 11.4. The third kappa shape index (κ3) is 5.73. The minimum absolute atomic E-state index is 0.399. The van der Waals surface area contributed by atoms with E-state index in [-0.39, 0.29) is 0 Å². The Labute approximate surface area is 329 Å². The highest BCUT2D eigenvalue weighted by Crippen LogP contribution is 2.56. The summed E-state index contributed by atoms with van der Waals surface area (Å²) in [5.74, 6) is 0. The van der Waals surface area contributed by atoms with Crippen LogP contribution in [0.15, 0.2) is 237 Å². The normalized spacial score (nSPS) is 12.4.